The molecule has 0 saturated carbocycles. The van der Waals surface area contributed by atoms with E-state index >= 15 is 0 Å². The zero-order chi connectivity index (χ0) is 25.8. The fourth-order valence-electron chi connectivity index (χ4n) is 5.27. The first kappa shape index (κ1) is 25.8. The summed E-state index contributed by atoms with van der Waals surface area (Å²) >= 11 is 0. The van der Waals surface area contributed by atoms with Gasteiger partial charge in [-0.2, -0.15) is 9.61 Å². The van der Waals surface area contributed by atoms with E-state index in [9.17, 15) is 4.79 Å². The smallest absolute Gasteiger partial charge is 0.225 e. The highest BCUT2D eigenvalue weighted by Crippen LogP contribution is 2.36. The van der Waals surface area contributed by atoms with Gasteiger partial charge < -0.3 is 19.3 Å². The van der Waals surface area contributed by atoms with Crippen molar-refractivity contribution in [1.29, 1.82) is 0 Å². The number of anilines is 1. The Hall–Kier alpha value is -3.29. The van der Waals surface area contributed by atoms with E-state index in [-0.39, 0.29) is 5.92 Å². The van der Waals surface area contributed by atoms with Crippen LogP contribution in [0.5, 0.6) is 11.5 Å². The number of nitrogens with zero attached hydrogens (tertiary/aromatic N) is 5. The van der Waals surface area contributed by atoms with Crippen LogP contribution in [0.2, 0.25) is 0 Å². The lowest BCUT2D eigenvalue weighted by molar-refractivity contribution is -0.136. The Bertz CT molecular complexity index is 1210. The minimum Gasteiger partial charge on any atom is -0.493 e. The molecule has 194 valence electrons. The van der Waals surface area contributed by atoms with E-state index in [1.165, 1.54) is 0 Å². The van der Waals surface area contributed by atoms with Crippen LogP contribution in [0.3, 0.4) is 0 Å². The number of aromatic nitrogens is 3. The molecule has 3 heterocycles. The molecular weight excluding hydrogens is 454 g/mol. The fourth-order valence-corrected chi connectivity index (χ4v) is 5.27. The van der Waals surface area contributed by atoms with Crippen molar-refractivity contribution >= 4 is 17.4 Å². The maximum Gasteiger partial charge on any atom is 0.225 e. The topological polar surface area (TPSA) is 72.2 Å². The second kappa shape index (κ2) is 11.2. The van der Waals surface area contributed by atoms with E-state index in [4.69, 9.17) is 19.6 Å². The number of fused-ring (bicyclic) bond motifs is 1. The van der Waals surface area contributed by atoms with E-state index in [2.05, 4.69) is 29.7 Å². The summed E-state index contributed by atoms with van der Waals surface area (Å²) in [4.78, 5) is 22.4. The van der Waals surface area contributed by atoms with Crippen molar-refractivity contribution in [2.75, 3.05) is 45.3 Å². The molecule has 0 radical (unpaired) electrons. The number of benzene rings is 1. The molecule has 1 fully saturated rings. The molecule has 1 amide bonds. The molecule has 1 aliphatic heterocycles. The minimum atomic E-state index is 0.0967. The molecular formula is C28H39N5O3. The molecule has 8 heteroatoms. The highest BCUT2D eigenvalue weighted by molar-refractivity contribution is 5.82. The monoisotopic (exact) mass is 493 g/mol. The summed E-state index contributed by atoms with van der Waals surface area (Å²) in [6.07, 6.45) is 3.71. The second-order valence-electron chi connectivity index (χ2n) is 9.61. The zero-order valence-corrected chi connectivity index (χ0v) is 22.5. The Balaban J connectivity index is 1.62. The normalized spacial score (nSPS) is 14.3. The van der Waals surface area contributed by atoms with Crippen molar-refractivity contribution in [3.05, 3.63) is 35.7 Å². The first-order valence-corrected chi connectivity index (χ1v) is 13.0. The van der Waals surface area contributed by atoms with Crippen LogP contribution in [-0.2, 0) is 4.79 Å². The molecule has 2 aromatic heterocycles. The molecule has 0 N–H and O–H groups in total. The van der Waals surface area contributed by atoms with Gasteiger partial charge in [-0.1, -0.05) is 19.9 Å². The SMILES string of the molecule is CCCN(CCC)C(=O)C1CCN(c2cc(C)nc3c(-c4ccc(OC)c(OC)c4)c(C)nn23)CC1. The molecule has 3 aromatic rings. The van der Waals surface area contributed by atoms with Gasteiger partial charge in [-0.3, -0.25) is 4.79 Å². The van der Waals surface area contributed by atoms with Gasteiger partial charge in [-0.05, 0) is 57.2 Å². The Morgan fingerprint density at radius 3 is 2.31 bits per heavy atom. The first-order valence-electron chi connectivity index (χ1n) is 13.0. The molecule has 0 aliphatic carbocycles. The molecule has 0 unspecified atom stereocenters. The molecule has 36 heavy (non-hydrogen) atoms. The molecule has 1 aromatic carbocycles. The molecule has 1 saturated heterocycles. The molecule has 1 aliphatic rings. The molecule has 0 spiro atoms. The quantitative estimate of drug-likeness (QED) is 0.422. The number of hydrogen-bond acceptors (Lipinski definition) is 6. The number of carbonyl (C=O) groups excluding carboxylic acids is 1. The van der Waals surface area contributed by atoms with Crippen LogP contribution in [0, 0.1) is 19.8 Å². The van der Waals surface area contributed by atoms with Gasteiger partial charge in [0.25, 0.3) is 0 Å². The number of piperidine rings is 1. The van der Waals surface area contributed by atoms with E-state index in [0.717, 1.165) is 85.8 Å². The van der Waals surface area contributed by atoms with Crippen LogP contribution in [0.4, 0.5) is 5.82 Å². The zero-order valence-electron chi connectivity index (χ0n) is 22.5. The summed E-state index contributed by atoms with van der Waals surface area (Å²) in [6, 6.07) is 8.00. The highest BCUT2D eigenvalue weighted by atomic mass is 16.5. The molecule has 0 atom stereocenters. The first-order chi connectivity index (χ1) is 17.4. The average Bonchev–Trinajstić information content (AvgIpc) is 3.22. The van der Waals surface area contributed by atoms with Crippen LogP contribution in [0.25, 0.3) is 16.8 Å². The number of ether oxygens (including phenoxy) is 2. The van der Waals surface area contributed by atoms with Crippen molar-refractivity contribution in [2.24, 2.45) is 5.92 Å². The van der Waals surface area contributed by atoms with Gasteiger partial charge in [0.05, 0.1) is 19.9 Å². The van der Waals surface area contributed by atoms with Crippen LogP contribution in [-0.4, -0.2) is 65.8 Å². The number of hydrogen-bond donors (Lipinski definition) is 0. The fraction of sp³-hybridized carbons (Fsp3) is 0.536. The second-order valence-corrected chi connectivity index (χ2v) is 9.61. The van der Waals surface area contributed by atoms with Crippen LogP contribution < -0.4 is 14.4 Å². The number of methoxy groups -OCH3 is 2. The Morgan fingerprint density at radius 2 is 1.69 bits per heavy atom. The standard InChI is InChI=1S/C28H39N5O3/c1-7-13-32(14-8-2)28(34)21-11-15-31(16-12-21)25-17-19(3)29-27-26(20(4)30-33(25)27)22-9-10-23(35-5)24(18-22)36-6/h9-10,17-18,21H,7-8,11-16H2,1-6H3. The van der Waals surface area contributed by atoms with E-state index in [0.29, 0.717) is 17.4 Å². The summed E-state index contributed by atoms with van der Waals surface area (Å²) in [5, 5.41) is 4.90. The van der Waals surface area contributed by atoms with Gasteiger partial charge in [0.15, 0.2) is 17.1 Å². The van der Waals surface area contributed by atoms with Crippen molar-refractivity contribution in [2.45, 2.75) is 53.4 Å². The van der Waals surface area contributed by atoms with Gasteiger partial charge in [0.1, 0.15) is 5.82 Å². The number of aryl methyl sites for hydroxylation is 2. The van der Waals surface area contributed by atoms with Crippen molar-refractivity contribution in [1.82, 2.24) is 19.5 Å². The predicted octanol–water partition coefficient (Wildman–Crippen LogP) is 4.90. The Kier molecular flexibility index (Phi) is 8.01. The Labute approximate surface area is 214 Å². The average molecular weight is 494 g/mol. The third-order valence-corrected chi connectivity index (χ3v) is 7.01. The number of carbonyl (C=O) groups is 1. The van der Waals surface area contributed by atoms with Crippen molar-refractivity contribution < 1.29 is 14.3 Å². The molecule has 4 rings (SSSR count). The minimum absolute atomic E-state index is 0.0967. The van der Waals surface area contributed by atoms with Crippen LogP contribution in [0.15, 0.2) is 24.3 Å². The molecule has 0 bridgehead atoms. The van der Waals surface area contributed by atoms with Gasteiger partial charge in [0.2, 0.25) is 5.91 Å². The number of rotatable bonds is 9. The van der Waals surface area contributed by atoms with Gasteiger partial charge in [-0.15, -0.1) is 0 Å². The summed E-state index contributed by atoms with van der Waals surface area (Å²) in [6.45, 7) is 11.7. The van der Waals surface area contributed by atoms with E-state index < -0.39 is 0 Å². The largest absolute Gasteiger partial charge is 0.493 e. The van der Waals surface area contributed by atoms with Crippen molar-refractivity contribution in [3.63, 3.8) is 0 Å². The van der Waals surface area contributed by atoms with Gasteiger partial charge in [-0.25, -0.2) is 4.98 Å². The third kappa shape index (κ3) is 4.99. The number of amides is 1. The lowest BCUT2D eigenvalue weighted by Gasteiger charge is -2.35. The van der Waals surface area contributed by atoms with Gasteiger partial charge in [0, 0.05) is 49.4 Å². The summed E-state index contributed by atoms with van der Waals surface area (Å²) in [7, 11) is 3.28. The van der Waals surface area contributed by atoms with E-state index in [1.54, 1.807) is 14.2 Å². The Morgan fingerprint density at radius 1 is 1.03 bits per heavy atom. The van der Waals surface area contributed by atoms with Crippen LogP contribution >= 0.6 is 0 Å². The summed E-state index contributed by atoms with van der Waals surface area (Å²) < 4.78 is 12.9. The van der Waals surface area contributed by atoms with Crippen LogP contribution in [0.1, 0.15) is 50.9 Å². The van der Waals surface area contributed by atoms with E-state index in [1.807, 2.05) is 36.6 Å². The van der Waals surface area contributed by atoms with Crippen molar-refractivity contribution in [3.8, 4) is 22.6 Å². The third-order valence-electron chi connectivity index (χ3n) is 7.01. The highest BCUT2D eigenvalue weighted by Gasteiger charge is 2.29. The lowest BCUT2D eigenvalue weighted by Crippen LogP contribution is -2.43. The maximum atomic E-state index is 13.2. The molecule has 8 nitrogen and oxygen atoms in total. The maximum absolute atomic E-state index is 13.2. The summed E-state index contributed by atoms with van der Waals surface area (Å²) in [5.41, 5.74) is 4.64. The predicted molar refractivity (Wildman–Crippen MR) is 143 cm³/mol. The van der Waals surface area contributed by atoms with Gasteiger partial charge >= 0.3 is 0 Å². The lowest BCUT2D eigenvalue weighted by atomic mass is 9.95. The summed E-state index contributed by atoms with van der Waals surface area (Å²) in [5.74, 6) is 2.80.